The number of benzene rings is 2. The van der Waals surface area contributed by atoms with Crippen molar-refractivity contribution >= 4 is 21.6 Å². The van der Waals surface area contributed by atoms with Gasteiger partial charge in [-0.2, -0.15) is 0 Å². The molecule has 0 saturated heterocycles. The van der Waals surface area contributed by atoms with E-state index in [9.17, 15) is 5.11 Å². The Kier molecular flexibility index (Phi) is 4.39. The Bertz CT molecular complexity index is 525. The zero-order valence-electron chi connectivity index (χ0n) is 10.2. The maximum atomic E-state index is 9.71. The summed E-state index contributed by atoms with van der Waals surface area (Å²) in [6, 6.07) is 15.9. The standard InChI is InChI=1S/C15H16BrNO/c1-11(18)13-7-3-5-9-15(13)17-10-12-6-2-4-8-14(12)16/h2-9,11,17-18H,10H2,1H3. The summed E-state index contributed by atoms with van der Waals surface area (Å²) in [6.07, 6.45) is -0.465. The van der Waals surface area contributed by atoms with Gasteiger partial charge in [-0.3, -0.25) is 0 Å². The van der Waals surface area contributed by atoms with E-state index in [-0.39, 0.29) is 0 Å². The SMILES string of the molecule is CC(O)c1ccccc1NCc1ccccc1Br. The zero-order chi connectivity index (χ0) is 13.0. The molecule has 94 valence electrons. The van der Waals surface area contributed by atoms with Gasteiger partial charge in [-0.1, -0.05) is 52.3 Å². The van der Waals surface area contributed by atoms with Crippen LogP contribution < -0.4 is 5.32 Å². The van der Waals surface area contributed by atoms with Crippen molar-refractivity contribution in [1.82, 2.24) is 0 Å². The van der Waals surface area contributed by atoms with Crippen molar-refractivity contribution in [3.05, 3.63) is 64.1 Å². The number of halogens is 1. The van der Waals surface area contributed by atoms with Crippen LogP contribution in [-0.2, 0) is 6.54 Å². The zero-order valence-corrected chi connectivity index (χ0v) is 11.8. The van der Waals surface area contributed by atoms with Crippen LogP contribution in [0.3, 0.4) is 0 Å². The summed E-state index contributed by atoms with van der Waals surface area (Å²) in [7, 11) is 0. The largest absolute Gasteiger partial charge is 0.389 e. The summed E-state index contributed by atoms with van der Waals surface area (Å²) in [6.45, 7) is 2.50. The highest BCUT2D eigenvalue weighted by molar-refractivity contribution is 9.10. The number of aliphatic hydroxyl groups excluding tert-OH is 1. The van der Waals surface area contributed by atoms with E-state index in [4.69, 9.17) is 0 Å². The highest BCUT2D eigenvalue weighted by Crippen LogP contribution is 2.24. The molecule has 0 amide bonds. The van der Waals surface area contributed by atoms with Gasteiger partial charge in [0.05, 0.1) is 6.10 Å². The molecule has 2 aromatic carbocycles. The molecule has 2 aromatic rings. The van der Waals surface area contributed by atoms with Crippen molar-refractivity contribution in [2.45, 2.75) is 19.6 Å². The van der Waals surface area contributed by atoms with Crippen LogP contribution in [0.4, 0.5) is 5.69 Å². The van der Waals surface area contributed by atoms with Gasteiger partial charge in [-0.15, -0.1) is 0 Å². The fourth-order valence-corrected chi connectivity index (χ4v) is 2.28. The molecule has 0 radical (unpaired) electrons. The average Bonchev–Trinajstić information content (AvgIpc) is 2.38. The van der Waals surface area contributed by atoms with E-state index in [1.165, 1.54) is 5.56 Å². The first-order valence-corrected chi connectivity index (χ1v) is 6.72. The smallest absolute Gasteiger partial charge is 0.0781 e. The van der Waals surface area contributed by atoms with Crippen LogP contribution >= 0.6 is 15.9 Å². The van der Waals surface area contributed by atoms with Crippen LogP contribution in [-0.4, -0.2) is 5.11 Å². The van der Waals surface area contributed by atoms with Gasteiger partial charge < -0.3 is 10.4 Å². The fourth-order valence-electron chi connectivity index (χ4n) is 1.85. The van der Waals surface area contributed by atoms with Crippen LogP contribution in [0, 0.1) is 0 Å². The number of hydrogen-bond donors (Lipinski definition) is 2. The predicted molar refractivity (Wildman–Crippen MR) is 78.5 cm³/mol. The summed E-state index contributed by atoms with van der Waals surface area (Å²) < 4.78 is 1.09. The Labute approximate surface area is 116 Å². The summed E-state index contributed by atoms with van der Waals surface area (Å²) in [5, 5.41) is 13.1. The molecule has 1 atom stereocenters. The summed E-state index contributed by atoms with van der Waals surface area (Å²) in [4.78, 5) is 0. The first kappa shape index (κ1) is 13.1. The molecule has 0 aliphatic carbocycles. The highest BCUT2D eigenvalue weighted by atomic mass is 79.9. The van der Waals surface area contributed by atoms with E-state index < -0.39 is 6.10 Å². The molecule has 0 aliphatic rings. The molecule has 0 spiro atoms. The number of hydrogen-bond acceptors (Lipinski definition) is 2. The Morgan fingerprint density at radius 3 is 2.50 bits per heavy atom. The lowest BCUT2D eigenvalue weighted by Gasteiger charge is -2.14. The first-order chi connectivity index (χ1) is 8.68. The summed E-state index contributed by atoms with van der Waals surface area (Å²) in [5.74, 6) is 0. The lowest BCUT2D eigenvalue weighted by atomic mass is 10.1. The van der Waals surface area contributed by atoms with Gasteiger partial charge in [-0.05, 0) is 24.6 Å². The second-order valence-corrected chi connectivity index (χ2v) is 5.06. The molecule has 2 N–H and O–H groups in total. The van der Waals surface area contributed by atoms with E-state index in [0.29, 0.717) is 0 Å². The van der Waals surface area contributed by atoms with Crippen molar-refractivity contribution in [2.24, 2.45) is 0 Å². The van der Waals surface area contributed by atoms with Gasteiger partial charge in [-0.25, -0.2) is 0 Å². The molecule has 2 nitrogen and oxygen atoms in total. The second kappa shape index (κ2) is 6.03. The minimum atomic E-state index is -0.465. The van der Waals surface area contributed by atoms with Crippen LogP contribution in [0.5, 0.6) is 0 Å². The number of rotatable bonds is 4. The summed E-state index contributed by atoms with van der Waals surface area (Å²) >= 11 is 3.53. The molecule has 0 aromatic heterocycles. The fraction of sp³-hybridized carbons (Fsp3) is 0.200. The van der Waals surface area contributed by atoms with Gasteiger partial charge in [0.1, 0.15) is 0 Å². The molecule has 0 bridgehead atoms. The maximum absolute atomic E-state index is 9.71. The quantitative estimate of drug-likeness (QED) is 0.891. The third kappa shape index (κ3) is 3.12. The van der Waals surface area contributed by atoms with Crippen molar-refractivity contribution < 1.29 is 5.11 Å². The van der Waals surface area contributed by atoms with Gasteiger partial charge in [0.15, 0.2) is 0 Å². The summed E-state index contributed by atoms with van der Waals surface area (Å²) in [5.41, 5.74) is 3.09. The van der Waals surface area contributed by atoms with E-state index in [0.717, 1.165) is 22.3 Å². The normalized spacial score (nSPS) is 12.2. The minimum Gasteiger partial charge on any atom is -0.389 e. The first-order valence-electron chi connectivity index (χ1n) is 5.93. The molecule has 3 heteroatoms. The van der Waals surface area contributed by atoms with Gasteiger partial charge in [0.2, 0.25) is 0 Å². The highest BCUT2D eigenvalue weighted by Gasteiger charge is 2.07. The van der Waals surface area contributed by atoms with Gasteiger partial charge in [0, 0.05) is 22.3 Å². The molecule has 0 fully saturated rings. The van der Waals surface area contributed by atoms with Crippen molar-refractivity contribution in [3.63, 3.8) is 0 Å². The third-order valence-electron chi connectivity index (χ3n) is 2.84. The molecule has 18 heavy (non-hydrogen) atoms. The van der Waals surface area contributed by atoms with E-state index >= 15 is 0 Å². The topological polar surface area (TPSA) is 32.3 Å². The Morgan fingerprint density at radius 2 is 1.78 bits per heavy atom. The van der Waals surface area contributed by atoms with Crippen LogP contribution in [0.2, 0.25) is 0 Å². The molecule has 0 saturated carbocycles. The molecule has 0 heterocycles. The van der Waals surface area contributed by atoms with E-state index in [1.54, 1.807) is 6.92 Å². The molecule has 1 unspecified atom stereocenters. The monoisotopic (exact) mass is 305 g/mol. The van der Waals surface area contributed by atoms with Crippen LogP contribution in [0.15, 0.2) is 53.0 Å². The number of para-hydroxylation sites is 1. The van der Waals surface area contributed by atoms with Crippen molar-refractivity contribution in [1.29, 1.82) is 0 Å². The molecule has 0 aliphatic heterocycles. The van der Waals surface area contributed by atoms with Gasteiger partial charge in [0.25, 0.3) is 0 Å². The van der Waals surface area contributed by atoms with Crippen LogP contribution in [0.25, 0.3) is 0 Å². The predicted octanol–water partition coefficient (Wildman–Crippen LogP) is 4.11. The number of aliphatic hydroxyl groups is 1. The number of anilines is 1. The van der Waals surface area contributed by atoms with E-state index in [2.05, 4.69) is 27.3 Å². The average molecular weight is 306 g/mol. The Hall–Kier alpha value is -1.32. The maximum Gasteiger partial charge on any atom is 0.0781 e. The molecular formula is C15H16BrNO. The Balaban J connectivity index is 2.14. The number of nitrogens with one attached hydrogen (secondary N) is 1. The lowest BCUT2D eigenvalue weighted by molar-refractivity contribution is 0.200. The molecular weight excluding hydrogens is 290 g/mol. The lowest BCUT2D eigenvalue weighted by Crippen LogP contribution is -2.04. The Morgan fingerprint density at radius 1 is 1.11 bits per heavy atom. The second-order valence-electron chi connectivity index (χ2n) is 4.21. The third-order valence-corrected chi connectivity index (χ3v) is 3.61. The van der Waals surface area contributed by atoms with Crippen molar-refractivity contribution in [2.75, 3.05) is 5.32 Å². The van der Waals surface area contributed by atoms with Crippen LogP contribution in [0.1, 0.15) is 24.2 Å². The molecule has 2 rings (SSSR count). The van der Waals surface area contributed by atoms with Crippen molar-refractivity contribution in [3.8, 4) is 0 Å². The van der Waals surface area contributed by atoms with Gasteiger partial charge >= 0.3 is 0 Å². The minimum absolute atomic E-state index is 0.465. The van der Waals surface area contributed by atoms with E-state index in [1.807, 2.05) is 42.5 Å².